The number of hydrogen-bond acceptors (Lipinski definition) is 6. The van der Waals surface area contributed by atoms with E-state index in [0.717, 1.165) is 59.8 Å². The van der Waals surface area contributed by atoms with Crippen LogP contribution in [0.25, 0.3) is 27.8 Å². The Kier molecular flexibility index (Phi) is 4.80. The van der Waals surface area contributed by atoms with Crippen LogP contribution in [0.3, 0.4) is 0 Å². The molecule has 1 saturated heterocycles. The molecular formula is C23H24N6O. The Morgan fingerprint density at radius 2 is 1.67 bits per heavy atom. The number of benzene rings is 1. The fourth-order valence-electron chi connectivity index (χ4n) is 3.89. The first-order valence-electron chi connectivity index (χ1n) is 10.1. The van der Waals surface area contributed by atoms with Crippen molar-refractivity contribution in [3.63, 3.8) is 0 Å². The van der Waals surface area contributed by atoms with E-state index in [9.17, 15) is 0 Å². The molecule has 4 aromatic rings. The molecule has 0 unspecified atom stereocenters. The molecular weight excluding hydrogens is 376 g/mol. The molecule has 152 valence electrons. The first-order valence-corrected chi connectivity index (χ1v) is 10.1. The van der Waals surface area contributed by atoms with E-state index in [4.69, 9.17) is 4.74 Å². The molecule has 0 aliphatic carbocycles. The summed E-state index contributed by atoms with van der Waals surface area (Å²) in [5.41, 5.74) is 4.95. The van der Waals surface area contributed by atoms with Crippen LogP contribution in [0.1, 0.15) is 0 Å². The van der Waals surface area contributed by atoms with Crippen LogP contribution in [-0.2, 0) is 0 Å². The Morgan fingerprint density at radius 1 is 0.900 bits per heavy atom. The van der Waals surface area contributed by atoms with Gasteiger partial charge in [0.15, 0.2) is 0 Å². The lowest BCUT2D eigenvalue weighted by atomic mass is 10.1. The maximum atomic E-state index is 5.48. The van der Waals surface area contributed by atoms with Crippen molar-refractivity contribution in [1.82, 2.24) is 24.6 Å². The number of anilines is 1. The maximum Gasteiger partial charge on any atom is 0.131 e. The van der Waals surface area contributed by atoms with E-state index < -0.39 is 0 Å². The van der Waals surface area contributed by atoms with Crippen molar-refractivity contribution in [2.45, 2.75) is 0 Å². The number of likely N-dealkylation sites (N-methyl/N-ethyl adjacent to an activating group) is 1. The molecule has 7 nitrogen and oxygen atoms in total. The first-order chi connectivity index (χ1) is 14.7. The highest BCUT2D eigenvalue weighted by molar-refractivity contribution is 5.84. The summed E-state index contributed by atoms with van der Waals surface area (Å²) in [6.07, 6.45) is 7.19. The van der Waals surface area contributed by atoms with Crippen molar-refractivity contribution in [2.24, 2.45) is 0 Å². The number of aromatic nitrogens is 4. The van der Waals surface area contributed by atoms with Crippen molar-refractivity contribution < 1.29 is 4.74 Å². The molecule has 1 fully saturated rings. The maximum absolute atomic E-state index is 5.48. The second-order valence-electron chi connectivity index (χ2n) is 7.57. The molecule has 1 aliphatic heterocycles. The van der Waals surface area contributed by atoms with E-state index in [-0.39, 0.29) is 0 Å². The quantitative estimate of drug-likeness (QED) is 0.524. The van der Waals surface area contributed by atoms with Gasteiger partial charge in [-0.1, -0.05) is 0 Å². The lowest BCUT2D eigenvalue weighted by Gasteiger charge is -2.34. The van der Waals surface area contributed by atoms with E-state index in [1.54, 1.807) is 19.5 Å². The minimum Gasteiger partial charge on any atom is -0.496 e. The van der Waals surface area contributed by atoms with Crippen LogP contribution in [-0.4, -0.2) is 65.0 Å². The smallest absolute Gasteiger partial charge is 0.131 e. The van der Waals surface area contributed by atoms with Crippen LogP contribution >= 0.6 is 0 Å². The van der Waals surface area contributed by atoms with Gasteiger partial charge in [0.2, 0.25) is 0 Å². The van der Waals surface area contributed by atoms with Gasteiger partial charge in [0.25, 0.3) is 0 Å². The summed E-state index contributed by atoms with van der Waals surface area (Å²) in [7, 11) is 3.83. The van der Waals surface area contributed by atoms with Gasteiger partial charge in [-0.2, -0.15) is 5.10 Å². The lowest BCUT2D eigenvalue weighted by molar-refractivity contribution is 0.313. The molecule has 0 atom stereocenters. The van der Waals surface area contributed by atoms with E-state index in [1.807, 2.05) is 29.2 Å². The predicted octanol–water partition coefficient (Wildman–Crippen LogP) is 3.24. The number of pyridine rings is 2. The number of rotatable bonds is 4. The molecule has 7 heteroatoms. The SMILES string of the molecule is COc1ccncc1-c1cc2c(cn1)cnn2-c1ccc(N2CCN(C)CC2)cc1. The molecule has 1 aromatic carbocycles. The molecule has 0 spiro atoms. The highest BCUT2D eigenvalue weighted by atomic mass is 16.5. The van der Waals surface area contributed by atoms with Gasteiger partial charge in [-0.15, -0.1) is 0 Å². The van der Waals surface area contributed by atoms with Crippen LogP contribution in [0, 0.1) is 0 Å². The van der Waals surface area contributed by atoms with Crippen LogP contribution in [0.5, 0.6) is 5.75 Å². The Labute approximate surface area is 175 Å². The van der Waals surface area contributed by atoms with Crippen LogP contribution < -0.4 is 9.64 Å². The minimum absolute atomic E-state index is 0.749. The molecule has 4 heterocycles. The number of hydrogen-bond donors (Lipinski definition) is 0. The first kappa shape index (κ1) is 18.6. The van der Waals surface area contributed by atoms with Crippen molar-refractivity contribution in [1.29, 1.82) is 0 Å². The van der Waals surface area contributed by atoms with Crippen molar-refractivity contribution >= 4 is 16.6 Å². The zero-order valence-corrected chi connectivity index (χ0v) is 17.2. The van der Waals surface area contributed by atoms with E-state index in [2.05, 4.69) is 56.2 Å². The highest BCUT2D eigenvalue weighted by Gasteiger charge is 2.15. The molecule has 0 N–H and O–H groups in total. The minimum atomic E-state index is 0.749. The van der Waals surface area contributed by atoms with Gasteiger partial charge < -0.3 is 14.5 Å². The van der Waals surface area contributed by atoms with Gasteiger partial charge in [0.05, 0.1) is 35.8 Å². The fraction of sp³-hybridized carbons (Fsp3) is 0.261. The van der Waals surface area contributed by atoms with Crippen LogP contribution in [0.15, 0.2) is 61.2 Å². The molecule has 0 bridgehead atoms. The monoisotopic (exact) mass is 400 g/mol. The number of nitrogens with zero attached hydrogens (tertiary/aromatic N) is 6. The van der Waals surface area contributed by atoms with Gasteiger partial charge in [-0.25, -0.2) is 4.68 Å². The second-order valence-corrected chi connectivity index (χ2v) is 7.57. The summed E-state index contributed by atoms with van der Waals surface area (Å²) >= 11 is 0. The summed E-state index contributed by atoms with van der Waals surface area (Å²) in [4.78, 5) is 13.6. The van der Waals surface area contributed by atoms with Crippen LogP contribution in [0.4, 0.5) is 5.69 Å². The van der Waals surface area contributed by atoms with E-state index in [0.29, 0.717) is 0 Å². The molecule has 0 amide bonds. The highest BCUT2D eigenvalue weighted by Crippen LogP contribution is 2.30. The van der Waals surface area contributed by atoms with Crippen LogP contribution in [0.2, 0.25) is 0 Å². The number of ether oxygens (including phenoxy) is 1. The molecule has 3 aromatic heterocycles. The zero-order valence-electron chi connectivity index (χ0n) is 17.2. The summed E-state index contributed by atoms with van der Waals surface area (Å²) in [5.74, 6) is 0.749. The molecule has 0 saturated carbocycles. The second kappa shape index (κ2) is 7.76. The van der Waals surface area contributed by atoms with E-state index in [1.165, 1.54) is 5.69 Å². The Bertz CT molecular complexity index is 1160. The van der Waals surface area contributed by atoms with Gasteiger partial charge >= 0.3 is 0 Å². The van der Waals surface area contributed by atoms with Gasteiger partial charge in [0, 0.05) is 55.8 Å². The summed E-state index contributed by atoms with van der Waals surface area (Å²) in [5, 5.41) is 5.60. The van der Waals surface area contributed by atoms with Gasteiger partial charge in [0.1, 0.15) is 5.75 Å². The lowest BCUT2D eigenvalue weighted by Crippen LogP contribution is -2.44. The summed E-state index contributed by atoms with van der Waals surface area (Å²) < 4.78 is 7.43. The Balaban J connectivity index is 1.49. The Hall–Kier alpha value is -3.45. The van der Waals surface area contributed by atoms with Gasteiger partial charge in [-0.3, -0.25) is 9.97 Å². The van der Waals surface area contributed by atoms with Gasteiger partial charge in [-0.05, 0) is 43.4 Å². The molecule has 30 heavy (non-hydrogen) atoms. The standard InChI is InChI=1S/C23H24N6O/c1-27-9-11-28(12-10-27)18-3-5-19(6-4-18)29-22-13-21(25-14-17(22)15-26-29)20-16-24-8-7-23(20)30-2/h3-8,13-16H,9-12H2,1-2H3. The number of methoxy groups -OCH3 is 1. The van der Waals surface area contributed by atoms with Crippen molar-refractivity contribution in [3.05, 3.63) is 61.2 Å². The molecule has 0 radical (unpaired) electrons. The zero-order chi connectivity index (χ0) is 20.5. The number of piperazine rings is 1. The van der Waals surface area contributed by atoms with Crippen molar-refractivity contribution in [3.8, 4) is 22.7 Å². The fourth-order valence-corrected chi connectivity index (χ4v) is 3.89. The van der Waals surface area contributed by atoms with E-state index >= 15 is 0 Å². The third-order valence-corrected chi connectivity index (χ3v) is 5.69. The summed E-state index contributed by atoms with van der Waals surface area (Å²) in [6, 6.07) is 12.5. The predicted molar refractivity (Wildman–Crippen MR) is 118 cm³/mol. The molecule has 5 rings (SSSR count). The topological polar surface area (TPSA) is 59.3 Å². The average molecular weight is 400 g/mol. The largest absolute Gasteiger partial charge is 0.496 e. The summed E-state index contributed by atoms with van der Waals surface area (Å²) in [6.45, 7) is 4.31. The Morgan fingerprint density at radius 3 is 2.43 bits per heavy atom. The normalized spacial score (nSPS) is 14.9. The third-order valence-electron chi connectivity index (χ3n) is 5.69. The molecule has 1 aliphatic rings. The number of fused-ring (bicyclic) bond motifs is 1. The van der Waals surface area contributed by atoms with Crippen molar-refractivity contribution in [2.75, 3.05) is 45.2 Å². The third kappa shape index (κ3) is 3.37. The average Bonchev–Trinajstić information content (AvgIpc) is 3.23.